The fourth-order valence-corrected chi connectivity index (χ4v) is 2.12. The van der Waals surface area contributed by atoms with Crippen LogP contribution in [0, 0.1) is 5.41 Å². The maximum atomic E-state index is 12.5. The molecule has 22 heavy (non-hydrogen) atoms. The minimum Gasteiger partial charge on any atom is -0.481 e. The van der Waals surface area contributed by atoms with E-state index in [9.17, 15) is 9.59 Å². The van der Waals surface area contributed by atoms with E-state index in [1.165, 1.54) is 0 Å². The molecule has 0 aliphatic carbocycles. The monoisotopic (exact) mass is 307 g/mol. The van der Waals surface area contributed by atoms with E-state index in [1.807, 2.05) is 51.1 Å². The summed E-state index contributed by atoms with van der Waals surface area (Å²) in [5.74, 6) is -0.978. The van der Waals surface area contributed by atoms with Gasteiger partial charge in [0.2, 0.25) is 5.91 Å². The topological polar surface area (TPSA) is 66.8 Å². The van der Waals surface area contributed by atoms with Gasteiger partial charge in [0.15, 0.2) is 0 Å². The van der Waals surface area contributed by atoms with Crippen molar-refractivity contribution < 1.29 is 19.4 Å². The van der Waals surface area contributed by atoms with Crippen LogP contribution < -0.4 is 0 Å². The lowest BCUT2D eigenvalue weighted by molar-refractivity contribution is -0.145. The molecule has 0 saturated heterocycles. The van der Waals surface area contributed by atoms with Crippen molar-refractivity contribution in [2.45, 2.75) is 33.8 Å². The van der Waals surface area contributed by atoms with Crippen LogP contribution in [0.2, 0.25) is 0 Å². The van der Waals surface area contributed by atoms with Crippen LogP contribution in [0.1, 0.15) is 32.8 Å². The Morgan fingerprint density at radius 2 is 1.86 bits per heavy atom. The van der Waals surface area contributed by atoms with E-state index in [0.717, 1.165) is 5.56 Å². The van der Waals surface area contributed by atoms with Crippen LogP contribution in [0.5, 0.6) is 0 Å². The molecule has 0 spiro atoms. The van der Waals surface area contributed by atoms with Gasteiger partial charge in [0.05, 0.1) is 25.0 Å². The summed E-state index contributed by atoms with van der Waals surface area (Å²) in [5.41, 5.74) is 0.382. The summed E-state index contributed by atoms with van der Waals surface area (Å²) in [7, 11) is 0. The Bertz CT molecular complexity index is 485. The highest BCUT2D eigenvalue weighted by Gasteiger charge is 2.31. The average Bonchev–Trinajstić information content (AvgIpc) is 2.48. The first-order valence-electron chi connectivity index (χ1n) is 7.49. The van der Waals surface area contributed by atoms with Crippen LogP contribution in [0.15, 0.2) is 30.3 Å². The number of hydrogen-bond acceptors (Lipinski definition) is 3. The summed E-state index contributed by atoms with van der Waals surface area (Å²) < 4.78 is 5.66. The van der Waals surface area contributed by atoms with Gasteiger partial charge in [-0.1, -0.05) is 30.3 Å². The zero-order chi connectivity index (χ0) is 16.6. The SMILES string of the molecule is CCN(CCC(=O)O)C(=O)C(C)(C)COCc1ccccc1. The first-order chi connectivity index (χ1) is 10.4. The first-order valence-corrected chi connectivity index (χ1v) is 7.49. The molecule has 1 rings (SSSR count). The fourth-order valence-electron chi connectivity index (χ4n) is 2.12. The predicted octanol–water partition coefficient (Wildman–Crippen LogP) is 2.55. The van der Waals surface area contributed by atoms with Crippen LogP contribution >= 0.6 is 0 Å². The summed E-state index contributed by atoms with van der Waals surface area (Å²) in [4.78, 5) is 24.7. The number of benzene rings is 1. The summed E-state index contributed by atoms with van der Waals surface area (Å²) >= 11 is 0. The number of carboxylic acid groups (broad SMARTS) is 1. The second kappa shape index (κ2) is 8.54. The van der Waals surface area contributed by atoms with Crippen molar-refractivity contribution in [3.63, 3.8) is 0 Å². The molecule has 1 aromatic carbocycles. The van der Waals surface area contributed by atoms with Crippen LogP contribution in [-0.4, -0.2) is 41.6 Å². The predicted molar refractivity (Wildman–Crippen MR) is 84.4 cm³/mol. The Kier molecular flexibility index (Phi) is 7.05. The lowest BCUT2D eigenvalue weighted by Crippen LogP contribution is -2.44. The minimum absolute atomic E-state index is 0.0411. The van der Waals surface area contributed by atoms with Gasteiger partial charge in [-0.2, -0.15) is 0 Å². The van der Waals surface area contributed by atoms with E-state index in [4.69, 9.17) is 9.84 Å². The number of aliphatic carboxylic acids is 1. The van der Waals surface area contributed by atoms with E-state index in [0.29, 0.717) is 19.8 Å². The highest BCUT2D eigenvalue weighted by molar-refractivity contribution is 5.82. The number of carbonyl (C=O) groups is 2. The minimum atomic E-state index is -0.899. The second-order valence-corrected chi connectivity index (χ2v) is 5.89. The van der Waals surface area contributed by atoms with Gasteiger partial charge in [-0.3, -0.25) is 9.59 Å². The normalized spacial score (nSPS) is 11.2. The molecule has 1 amide bonds. The molecule has 1 N–H and O–H groups in total. The standard InChI is InChI=1S/C17H25NO4/c1-4-18(11-10-15(19)20)16(21)17(2,3)13-22-12-14-8-6-5-7-9-14/h5-9H,4,10-13H2,1-3H3,(H,19,20). The van der Waals surface area contributed by atoms with Gasteiger partial charge in [-0.25, -0.2) is 0 Å². The molecule has 5 heteroatoms. The molecule has 0 aromatic heterocycles. The van der Waals surface area contributed by atoms with E-state index < -0.39 is 11.4 Å². The maximum absolute atomic E-state index is 12.5. The van der Waals surface area contributed by atoms with Gasteiger partial charge in [-0.05, 0) is 26.3 Å². The molecule has 0 fully saturated rings. The van der Waals surface area contributed by atoms with Crippen LogP contribution in [0.3, 0.4) is 0 Å². The number of amides is 1. The number of hydrogen-bond donors (Lipinski definition) is 1. The van der Waals surface area contributed by atoms with Crippen LogP contribution in [0.4, 0.5) is 0 Å². The molecule has 0 saturated carbocycles. The van der Waals surface area contributed by atoms with E-state index >= 15 is 0 Å². The molecule has 0 heterocycles. The zero-order valence-corrected chi connectivity index (χ0v) is 13.5. The molecule has 0 radical (unpaired) electrons. The van der Waals surface area contributed by atoms with Crippen molar-refractivity contribution in [3.8, 4) is 0 Å². The van der Waals surface area contributed by atoms with E-state index in [2.05, 4.69) is 0 Å². The Morgan fingerprint density at radius 1 is 1.23 bits per heavy atom. The number of carbonyl (C=O) groups excluding carboxylic acids is 1. The summed E-state index contributed by atoms with van der Waals surface area (Å²) in [5, 5.41) is 8.75. The third kappa shape index (κ3) is 5.85. The summed E-state index contributed by atoms with van der Waals surface area (Å²) in [6, 6.07) is 9.78. The third-order valence-electron chi connectivity index (χ3n) is 3.42. The Balaban J connectivity index is 2.51. The van der Waals surface area contributed by atoms with Crippen molar-refractivity contribution in [2.24, 2.45) is 5.41 Å². The number of carboxylic acids is 1. The van der Waals surface area contributed by atoms with Gasteiger partial charge in [0, 0.05) is 13.1 Å². The maximum Gasteiger partial charge on any atom is 0.305 e. The molecule has 5 nitrogen and oxygen atoms in total. The lowest BCUT2D eigenvalue weighted by atomic mass is 9.92. The largest absolute Gasteiger partial charge is 0.481 e. The number of nitrogens with zero attached hydrogens (tertiary/aromatic N) is 1. The third-order valence-corrected chi connectivity index (χ3v) is 3.42. The van der Waals surface area contributed by atoms with Gasteiger partial charge in [0.25, 0.3) is 0 Å². The fraction of sp³-hybridized carbons (Fsp3) is 0.529. The van der Waals surface area contributed by atoms with Crippen molar-refractivity contribution >= 4 is 11.9 Å². The van der Waals surface area contributed by atoms with Gasteiger partial charge in [-0.15, -0.1) is 0 Å². The second-order valence-electron chi connectivity index (χ2n) is 5.89. The molecule has 1 aromatic rings. The van der Waals surface area contributed by atoms with Crippen molar-refractivity contribution in [3.05, 3.63) is 35.9 Å². The first kappa shape index (κ1) is 18.2. The number of rotatable bonds is 9. The van der Waals surface area contributed by atoms with Crippen LogP contribution in [0.25, 0.3) is 0 Å². The Labute approximate surface area is 131 Å². The Morgan fingerprint density at radius 3 is 2.41 bits per heavy atom. The summed E-state index contributed by atoms with van der Waals surface area (Å²) in [6.45, 7) is 6.97. The van der Waals surface area contributed by atoms with Gasteiger partial charge < -0.3 is 14.7 Å². The van der Waals surface area contributed by atoms with Crippen molar-refractivity contribution in [2.75, 3.05) is 19.7 Å². The molecular weight excluding hydrogens is 282 g/mol. The van der Waals surface area contributed by atoms with Crippen molar-refractivity contribution in [1.82, 2.24) is 4.90 Å². The average molecular weight is 307 g/mol. The quantitative estimate of drug-likeness (QED) is 0.761. The lowest BCUT2D eigenvalue weighted by Gasteiger charge is -2.30. The molecule has 0 aliphatic heterocycles. The Hall–Kier alpha value is -1.88. The number of ether oxygens (including phenoxy) is 1. The van der Waals surface area contributed by atoms with Gasteiger partial charge in [0.1, 0.15) is 0 Å². The van der Waals surface area contributed by atoms with E-state index in [1.54, 1.807) is 4.90 Å². The molecule has 0 unspecified atom stereocenters. The van der Waals surface area contributed by atoms with Crippen molar-refractivity contribution in [1.29, 1.82) is 0 Å². The molecular formula is C17H25NO4. The molecule has 0 atom stereocenters. The smallest absolute Gasteiger partial charge is 0.305 e. The highest BCUT2D eigenvalue weighted by atomic mass is 16.5. The molecule has 0 bridgehead atoms. The summed E-state index contributed by atoms with van der Waals surface area (Å²) in [6.07, 6.45) is -0.0411. The zero-order valence-electron chi connectivity index (χ0n) is 13.5. The highest BCUT2D eigenvalue weighted by Crippen LogP contribution is 2.20. The van der Waals surface area contributed by atoms with E-state index in [-0.39, 0.29) is 18.9 Å². The van der Waals surface area contributed by atoms with Gasteiger partial charge >= 0.3 is 5.97 Å². The van der Waals surface area contributed by atoms with Crippen LogP contribution in [-0.2, 0) is 20.9 Å². The molecule has 0 aliphatic rings. The molecule has 122 valence electrons.